The molecular weight excluding hydrogens is 484 g/mol. The normalized spacial score (nSPS) is 12.3. The van der Waals surface area contributed by atoms with Crippen LogP contribution in [0, 0.1) is 10.8 Å². The molecular formula is C30H40N2O6. The highest BCUT2D eigenvalue weighted by molar-refractivity contribution is 5.99. The van der Waals surface area contributed by atoms with Crippen molar-refractivity contribution in [1.82, 2.24) is 10.6 Å². The summed E-state index contributed by atoms with van der Waals surface area (Å²) in [7, 11) is 2.61. The lowest BCUT2D eigenvalue weighted by atomic mass is 9.94. The van der Waals surface area contributed by atoms with Gasteiger partial charge in [-0.15, -0.1) is 0 Å². The van der Waals surface area contributed by atoms with E-state index < -0.39 is 28.8 Å². The molecule has 0 aromatic heterocycles. The number of carbonyl (C=O) groups is 4. The molecule has 0 saturated carbocycles. The van der Waals surface area contributed by atoms with Crippen LogP contribution >= 0.6 is 0 Å². The number of ether oxygens (including phenoxy) is 2. The van der Waals surface area contributed by atoms with Crippen LogP contribution < -0.4 is 10.6 Å². The van der Waals surface area contributed by atoms with Crippen LogP contribution in [-0.2, 0) is 35.1 Å². The van der Waals surface area contributed by atoms with Gasteiger partial charge in [-0.2, -0.15) is 0 Å². The van der Waals surface area contributed by atoms with E-state index in [-0.39, 0.29) is 17.5 Å². The second-order valence-corrected chi connectivity index (χ2v) is 10.7. The molecule has 0 saturated heterocycles. The Bertz CT molecular complexity index is 1100. The minimum Gasteiger partial charge on any atom is -0.467 e. The molecule has 1 atom stereocenters. The Balaban J connectivity index is 0.000000380. The molecule has 0 aliphatic heterocycles. The molecule has 0 aliphatic rings. The van der Waals surface area contributed by atoms with E-state index in [2.05, 4.69) is 15.4 Å². The van der Waals surface area contributed by atoms with Gasteiger partial charge in [0.25, 0.3) is 0 Å². The Hall–Kier alpha value is -3.94. The fourth-order valence-electron chi connectivity index (χ4n) is 2.84. The van der Waals surface area contributed by atoms with Gasteiger partial charge in [0, 0.05) is 17.3 Å². The largest absolute Gasteiger partial charge is 0.467 e. The molecule has 2 aromatic rings. The van der Waals surface area contributed by atoms with E-state index in [4.69, 9.17) is 4.74 Å². The molecule has 2 amide bonds. The first-order chi connectivity index (χ1) is 17.7. The van der Waals surface area contributed by atoms with E-state index in [1.807, 2.05) is 60.7 Å². The summed E-state index contributed by atoms with van der Waals surface area (Å²) < 4.78 is 9.42. The second-order valence-electron chi connectivity index (χ2n) is 10.7. The Morgan fingerprint density at radius 2 is 1.26 bits per heavy atom. The molecule has 38 heavy (non-hydrogen) atoms. The van der Waals surface area contributed by atoms with E-state index in [1.165, 1.54) is 14.2 Å². The van der Waals surface area contributed by atoms with E-state index >= 15 is 0 Å². The number of esters is 2. The molecule has 2 N–H and O–H groups in total. The number of amides is 2. The van der Waals surface area contributed by atoms with Crippen molar-refractivity contribution in [2.75, 3.05) is 14.2 Å². The maximum atomic E-state index is 12.0. The third-order valence-electron chi connectivity index (χ3n) is 5.20. The maximum absolute atomic E-state index is 12.0. The Morgan fingerprint density at radius 3 is 1.71 bits per heavy atom. The summed E-state index contributed by atoms with van der Waals surface area (Å²) in [4.78, 5) is 47.3. The monoisotopic (exact) mass is 524 g/mol. The smallest absolute Gasteiger partial charge is 0.354 e. The number of rotatable bonds is 7. The minimum atomic E-state index is -0.654. The molecule has 2 aromatic carbocycles. The van der Waals surface area contributed by atoms with Crippen LogP contribution in [0.15, 0.2) is 66.4 Å². The van der Waals surface area contributed by atoms with E-state index in [0.29, 0.717) is 6.42 Å². The van der Waals surface area contributed by atoms with Gasteiger partial charge in [-0.1, -0.05) is 102 Å². The standard InChI is InChI=1S/C15H21NO3.C15H19NO3/c2*1-15(2,3)14(18)16-12(13(17)19-4)10-11-8-6-5-7-9-11/h5-9,12H,10H2,1-4H3,(H,16,18);5-10H,1-4H3,(H,16,18)/b;12-10-. The number of hydrogen-bond donors (Lipinski definition) is 2. The third kappa shape index (κ3) is 11.4. The summed E-state index contributed by atoms with van der Waals surface area (Å²) in [6, 6.07) is 18.1. The molecule has 1 unspecified atom stereocenters. The van der Waals surface area contributed by atoms with Gasteiger partial charge in [-0.05, 0) is 17.2 Å². The first kappa shape index (κ1) is 32.1. The predicted octanol–water partition coefficient (Wildman–Crippen LogP) is 4.30. The molecule has 0 aliphatic carbocycles. The zero-order valence-corrected chi connectivity index (χ0v) is 23.6. The maximum Gasteiger partial charge on any atom is 0.354 e. The highest BCUT2D eigenvalue weighted by atomic mass is 16.5. The topological polar surface area (TPSA) is 111 Å². The van der Waals surface area contributed by atoms with Crippen LogP contribution in [0.25, 0.3) is 6.08 Å². The second kappa shape index (κ2) is 14.7. The van der Waals surface area contributed by atoms with Gasteiger partial charge >= 0.3 is 11.9 Å². The molecule has 0 spiro atoms. The Labute approximate surface area is 225 Å². The Kier molecular flexibility index (Phi) is 12.4. The zero-order chi connectivity index (χ0) is 28.9. The molecule has 0 bridgehead atoms. The number of benzene rings is 2. The molecule has 2 rings (SSSR count). The van der Waals surface area contributed by atoms with E-state index in [1.54, 1.807) is 47.6 Å². The van der Waals surface area contributed by atoms with Crippen LogP contribution in [0.2, 0.25) is 0 Å². The molecule has 0 fully saturated rings. The van der Waals surface area contributed by atoms with Gasteiger partial charge in [0.1, 0.15) is 11.7 Å². The average Bonchev–Trinajstić information content (AvgIpc) is 2.87. The van der Waals surface area contributed by atoms with Gasteiger partial charge in [-0.3, -0.25) is 9.59 Å². The fraction of sp³-hybridized carbons (Fsp3) is 0.400. The van der Waals surface area contributed by atoms with Crippen LogP contribution in [0.3, 0.4) is 0 Å². The lowest BCUT2D eigenvalue weighted by Gasteiger charge is -2.23. The van der Waals surface area contributed by atoms with Crippen LogP contribution in [0.4, 0.5) is 0 Å². The van der Waals surface area contributed by atoms with Gasteiger partial charge in [0.15, 0.2) is 0 Å². The lowest BCUT2D eigenvalue weighted by Crippen LogP contribution is -2.47. The zero-order valence-electron chi connectivity index (χ0n) is 23.6. The van der Waals surface area contributed by atoms with Crippen molar-refractivity contribution in [3.05, 3.63) is 77.5 Å². The van der Waals surface area contributed by atoms with Crippen molar-refractivity contribution >= 4 is 29.8 Å². The highest BCUT2D eigenvalue weighted by Crippen LogP contribution is 2.15. The van der Waals surface area contributed by atoms with Crippen molar-refractivity contribution in [3.63, 3.8) is 0 Å². The molecule has 8 heteroatoms. The number of hydrogen-bond acceptors (Lipinski definition) is 6. The quantitative estimate of drug-likeness (QED) is 0.413. The summed E-state index contributed by atoms with van der Waals surface area (Å²) in [5.41, 5.74) is 0.810. The van der Waals surface area contributed by atoms with Gasteiger partial charge < -0.3 is 20.1 Å². The van der Waals surface area contributed by atoms with Gasteiger partial charge in [-0.25, -0.2) is 9.59 Å². The summed E-state index contributed by atoms with van der Waals surface area (Å²) in [5.74, 6) is -1.40. The first-order valence-corrected chi connectivity index (χ1v) is 12.3. The van der Waals surface area contributed by atoms with Crippen molar-refractivity contribution < 1.29 is 28.7 Å². The molecule has 206 valence electrons. The van der Waals surface area contributed by atoms with Crippen LogP contribution in [0.1, 0.15) is 52.7 Å². The Morgan fingerprint density at radius 1 is 0.763 bits per heavy atom. The number of carbonyl (C=O) groups excluding carboxylic acids is 4. The van der Waals surface area contributed by atoms with E-state index in [9.17, 15) is 19.2 Å². The average molecular weight is 525 g/mol. The predicted molar refractivity (Wildman–Crippen MR) is 148 cm³/mol. The summed E-state index contributed by atoms with van der Waals surface area (Å²) in [6.45, 7) is 10.7. The lowest BCUT2D eigenvalue weighted by molar-refractivity contribution is -0.146. The van der Waals surface area contributed by atoms with E-state index in [0.717, 1.165) is 11.1 Å². The van der Waals surface area contributed by atoms with Crippen molar-refractivity contribution in [1.29, 1.82) is 0 Å². The third-order valence-corrected chi connectivity index (χ3v) is 5.20. The van der Waals surface area contributed by atoms with Crippen LogP contribution in [-0.4, -0.2) is 44.0 Å². The van der Waals surface area contributed by atoms with Crippen LogP contribution in [0.5, 0.6) is 0 Å². The highest BCUT2D eigenvalue weighted by Gasteiger charge is 2.28. The van der Waals surface area contributed by atoms with Gasteiger partial charge in [0.05, 0.1) is 14.2 Å². The number of nitrogens with one attached hydrogen (secondary N) is 2. The fourth-order valence-corrected chi connectivity index (χ4v) is 2.84. The molecule has 0 radical (unpaired) electrons. The molecule has 0 heterocycles. The minimum absolute atomic E-state index is 0.133. The van der Waals surface area contributed by atoms with Crippen molar-refractivity contribution in [3.8, 4) is 0 Å². The summed E-state index contributed by atoms with van der Waals surface area (Å²) in [6.07, 6.45) is 2.02. The SMILES string of the molecule is COC(=O)/C(=C/c1ccccc1)NC(=O)C(C)(C)C.COC(=O)C(Cc1ccccc1)NC(=O)C(C)(C)C. The van der Waals surface area contributed by atoms with Crippen molar-refractivity contribution in [2.24, 2.45) is 10.8 Å². The summed E-state index contributed by atoms with van der Waals surface area (Å²) >= 11 is 0. The first-order valence-electron chi connectivity index (χ1n) is 12.3. The summed E-state index contributed by atoms with van der Waals surface area (Å²) in [5, 5.41) is 5.35. The van der Waals surface area contributed by atoms with Gasteiger partial charge in [0.2, 0.25) is 11.8 Å². The molecule has 8 nitrogen and oxygen atoms in total. The number of methoxy groups -OCH3 is 2. The van der Waals surface area contributed by atoms with Crippen molar-refractivity contribution in [2.45, 2.75) is 54.0 Å².